The van der Waals surface area contributed by atoms with Crippen LogP contribution in [0.1, 0.15) is 28.8 Å². The second-order valence-corrected chi connectivity index (χ2v) is 8.98. The standard InChI is InChI=1S/C18H18Cl2N2O3S/c1-26(24,25)22(16-4-2-3-15(19)17(16)20)11-12-5-7-13(8-6-12)18(23)21-14-9-10-14/h2-8,14H,9-11H2,1H3,(H,21,23). The Morgan fingerprint density at radius 2 is 1.81 bits per heavy atom. The van der Waals surface area contributed by atoms with Crippen molar-refractivity contribution in [3.8, 4) is 0 Å². The van der Waals surface area contributed by atoms with Gasteiger partial charge in [-0.3, -0.25) is 9.10 Å². The number of hydrogen-bond acceptors (Lipinski definition) is 3. The third-order valence-corrected chi connectivity index (χ3v) is 5.99. The van der Waals surface area contributed by atoms with Gasteiger partial charge in [0.15, 0.2) is 0 Å². The second-order valence-electron chi connectivity index (χ2n) is 6.29. The summed E-state index contributed by atoms with van der Waals surface area (Å²) in [6.45, 7) is 0.0867. The number of halogens is 2. The number of rotatable bonds is 6. The largest absolute Gasteiger partial charge is 0.349 e. The Morgan fingerprint density at radius 3 is 2.38 bits per heavy atom. The van der Waals surface area contributed by atoms with E-state index in [0.29, 0.717) is 11.3 Å². The molecule has 0 spiro atoms. The molecule has 8 heteroatoms. The minimum atomic E-state index is -3.58. The van der Waals surface area contributed by atoms with Crippen LogP contribution in [-0.2, 0) is 16.6 Å². The maximum absolute atomic E-state index is 12.3. The molecule has 1 fully saturated rings. The molecule has 26 heavy (non-hydrogen) atoms. The molecule has 0 heterocycles. The van der Waals surface area contributed by atoms with Gasteiger partial charge in [0, 0.05) is 11.6 Å². The molecule has 1 aliphatic carbocycles. The molecule has 2 aromatic rings. The quantitative estimate of drug-likeness (QED) is 0.783. The number of nitrogens with one attached hydrogen (secondary N) is 1. The molecule has 0 bridgehead atoms. The normalized spacial score (nSPS) is 14.1. The fourth-order valence-corrected chi connectivity index (χ4v) is 3.83. The Morgan fingerprint density at radius 1 is 1.15 bits per heavy atom. The van der Waals surface area contributed by atoms with Gasteiger partial charge in [-0.2, -0.15) is 0 Å². The van der Waals surface area contributed by atoms with E-state index in [0.717, 1.165) is 24.7 Å². The highest BCUT2D eigenvalue weighted by atomic mass is 35.5. The fourth-order valence-electron chi connectivity index (χ4n) is 2.49. The van der Waals surface area contributed by atoms with E-state index in [2.05, 4.69) is 5.32 Å². The summed E-state index contributed by atoms with van der Waals surface area (Å²) in [6, 6.07) is 12.0. The van der Waals surface area contributed by atoms with Gasteiger partial charge >= 0.3 is 0 Å². The van der Waals surface area contributed by atoms with Crippen LogP contribution in [-0.4, -0.2) is 26.6 Å². The predicted molar refractivity (Wildman–Crippen MR) is 104 cm³/mol. The van der Waals surface area contributed by atoms with E-state index in [1.54, 1.807) is 42.5 Å². The average molecular weight is 413 g/mol. The lowest BCUT2D eigenvalue weighted by atomic mass is 10.1. The van der Waals surface area contributed by atoms with Gasteiger partial charge in [0.1, 0.15) is 0 Å². The second kappa shape index (κ2) is 7.47. The zero-order valence-electron chi connectivity index (χ0n) is 14.1. The summed E-state index contributed by atoms with van der Waals surface area (Å²) < 4.78 is 25.7. The number of amides is 1. The molecule has 0 unspecified atom stereocenters. The van der Waals surface area contributed by atoms with Crippen LogP contribution in [0.4, 0.5) is 5.69 Å². The van der Waals surface area contributed by atoms with Gasteiger partial charge in [-0.1, -0.05) is 41.4 Å². The van der Waals surface area contributed by atoms with Crippen molar-refractivity contribution in [2.75, 3.05) is 10.6 Å². The molecule has 0 aliphatic heterocycles. The average Bonchev–Trinajstić information content (AvgIpc) is 3.39. The van der Waals surface area contributed by atoms with Gasteiger partial charge < -0.3 is 5.32 Å². The van der Waals surface area contributed by atoms with E-state index in [1.807, 2.05) is 0 Å². The highest BCUT2D eigenvalue weighted by Crippen LogP contribution is 2.34. The van der Waals surface area contributed by atoms with Gasteiger partial charge in [-0.05, 0) is 42.7 Å². The molecular weight excluding hydrogens is 395 g/mol. The van der Waals surface area contributed by atoms with Crippen LogP contribution >= 0.6 is 23.2 Å². The van der Waals surface area contributed by atoms with Crippen molar-refractivity contribution < 1.29 is 13.2 Å². The maximum atomic E-state index is 12.3. The summed E-state index contributed by atoms with van der Waals surface area (Å²) in [6.07, 6.45) is 3.16. The smallest absolute Gasteiger partial charge is 0.251 e. The Hall–Kier alpha value is -1.76. The third-order valence-electron chi connectivity index (χ3n) is 4.06. The highest BCUT2D eigenvalue weighted by Gasteiger charge is 2.24. The molecule has 2 aromatic carbocycles. The zero-order valence-corrected chi connectivity index (χ0v) is 16.4. The van der Waals surface area contributed by atoms with E-state index in [-0.39, 0.29) is 28.5 Å². The van der Waals surface area contributed by atoms with Crippen molar-refractivity contribution in [1.82, 2.24) is 5.32 Å². The van der Waals surface area contributed by atoms with Crippen molar-refractivity contribution in [2.45, 2.75) is 25.4 Å². The van der Waals surface area contributed by atoms with Gasteiger partial charge in [0.25, 0.3) is 5.91 Å². The van der Waals surface area contributed by atoms with Gasteiger partial charge in [-0.25, -0.2) is 8.42 Å². The topological polar surface area (TPSA) is 66.5 Å². The lowest BCUT2D eigenvalue weighted by Gasteiger charge is -2.24. The summed E-state index contributed by atoms with van der Waals surface area (Å²) in [7, 11) is -3.58. The van der Waals surface area contributed by atoms with Crippen LogP contribution in [0.3, 0.4) is 0 Å². The zero-order chi connectivity index (χ0) is 18.9. The molecule has 1 amide bonds. The summed E-state index contributed by atoms with van der Waals surface area (Å²) >= 11 is 12.2. The van der Waals surface area contributed by atoms with Gasteiger partial charge in [0.2, 0.25) is 10.0 Å². The van der Waals surface area contributed by atoms with Crippen LogP contribution in [0.2, 0.25) is 10.0 Å². The van der Waals surface area contributed by atoms with Gasteiger partial charge in [-0.15, -0.1) is 0 Å². The lowest BCUT2D eigenvalue weighted by molar-refractivity contribution is 0.0951. The molecule has 138 valence electrons. The van der Waals surface area contributed by atoms with Gasteiger partial charge in [0.05, 0.1) is 28.5 Å². The first-order chi connectivity index (χ1) is 12.3. The molecule has 0 radical (unpaired) electrons. The third kappa shape index (κ3) is 4.50. The van der Waals surface area contributed by atoms with Crippen molar-refractivity contribution in [2.24, 2.45) is 0 Å². The lowest BCUT2D eigenvalue weighted by Crippen LogP contribution is -2.29. The van der Waals surface area contributed by atoms with E-state index >= 15 is 0 Å². The maximum Gasteiger partial charge on any atom is 0.251 e. The molecular formula is C18H18Cl2N2O3S. The summed E-state index contributed by atoms with van der Waals surface area (Å²) in [4.78, 5) is 12.0. The first-order valence-corrected chi connectivity index (χ1v) is 10.7. The van der Waals surface area contributed by atoms with E-state index in [1.165, 1.54) is 4.31 Å². The molecule has 3 rings (SSSR count). The first-order valence-electron chi connectivity index (χ1n) is 8.07. The van der Waals surface area contributed by atoms with E-state index in [4.69, 9.17) is 23.2 Å². The summed E-state index contributed by atoms with van der Waals surface area (Å²) in [5.74, 6) is -0.114. The minimum Gasteiger partial charge on any atom is -0.349 e. The molecule has 1 N–H and O–H groups in total. The van der Waals surface area contributed by atoms with Crippen molar-refractivity contribution >= 4 is 44.8 Å². The number of benzene rings is 2. The van der Waals surface area contributed by atoms with Crippen LogP contribution in [0.15, 0.2) is 42.5 Å². The van der Waals surface area contributed by atoms with Crippen molar-refractivity contribution in [3.63, 3.8) is 0 Å². The van der Waals surface area contributed by atoms with Crippen LogP contribution in [0.5, 0.6) is 0 Å². The monoisotopic (exact) mass is 412 g/mol. The number of carbonyl (C=O) groups is 1. The van der Waals surface area contributed by atoms with Crippen molar-refractivity contribution in [1.29, 1.82) is 0 Å². The molecule has 1 saturated carbocycles. The molecule has 5 nitrogen and oxygen atoms in total. The number of nitrogens with zero attached hydrogens (tertiary/aromatic N) is 1. The van der Waals surface area contributed by atoms with Crippen LogP contribution in [0, 0.1) is 0 Å². The Labute approximate surface area is 163 Å². The minimum absolute atomic E-state index is 0.0867. The van der Waals surface area contributed by atoms with Crippen molar-refractivity contribution in [3.05, 3.63) is 63.6 Å². The highest BCUT2D eigenvalue weighted by molar-refractivity contribution is 7.92. The molecule has 0 aromatic heterocycles. The number of hydrogen-bond donors (Lipinski definition) is 1. The summed E-state index contributed by atoms with van der Waals surface area (Å²) in [5.41, 5.74) is 1.60. The molecule has 0 atom stereocenters. The Bertz CT molecular complexity index is 926. The fraction of sp³-hybridized carbons (Fsp3) is 0.278. The summed E-state index contributed by atoms with van der Waals surface area (Å²) in [5, 5.41) is 3.38. The Kier molecular flexibility index (Phi) is 5.46. The first kappa shape index (κ1) is 19.0. The number of carbonyl (C=O) groups excluding carboxylic acids is 1. The SMILES string of the molecule is CS(=O)(=O)N(Cc1ccc(C(=O)NC2CC2)cc1)c1cccc(Cl)c1Cl. The molecule has 1 aliphatic rings. The number of anilines is 1. The molecule has 0 saturated heterocycles. The number of sulfonamides is 1. The van der Waals surface area contributed by atoms with E-state index < -0.39 is 10.0 Å². The van der Waals surface area contributed by atoms with Crippen LogP contribution < -0.4 is 9.62 Å². The Balaban J connectivity index is 1.83. The van der Waals surface area contributed by atoms with E-state index in [9.17, 15) is 13.2 Å². The predicted octanol–water partition coefficient (Wildman–Crippen LogP) is 3.85. The van der Waals surface area contributed by atoms with Crippen LogP contribution in [0.25, 0.3) is 0 Å².